The number of hydrogen-bond donors (Lipinski definition) is 0. The second-order valence-corrected chi connectivity index (χ2v) is 8.14. The molecule has 0 radical (unpaired) electrons. The van der Waals surface area contributed by atoms with Gasteiger partial charge in [-0.05, 0) is 49.6 Å². The van der Waals surface area contributed by atoms with Crippen molar-refractivity contribution in [1.82, 2.24) is 14.3 Å². The zero-order chi connectivity index (χ0) is 20.0. The van der Waals surface area contributed by atoms with Crippen molar-refractivity contribution in [3.05, 3.63) is 65.4 Å². The molecule has 1 aromatic carbocycles. The van der Waals surface area contributed by atoms with E-state index in [4.69, 9.17) is 4.98 Å². The molecule has 0 N–H and O–H groups in total. The highest BCUT2D eigenvalue weighted by molar-refractivity contribution is 5.80. The Kier molecular flexibility index (Phi) is 4.49. The average molecular weight is 392 g/mol. The molecule has 1 fully saturated rings. The molecule has 29 heavy (non-hydrogen) atoms. The number of fused-ring (bicyclic) bond motifs is 3. The third kappa shape index (κ3) is 3.26. The highest BCUT2D eigenvalue weighted by Gasteiger charge is 2.32. The summed E-state index contributed by atoms with van der Waals surface area (Å²) >= 11 is 0. The minimum absolute atomic E-state index is 0.00344. The second kappa shape index (κ2) is 7.17. The first-order valence-corrected chi connectivity index (χ1v) is 10.3. The maximum atomic E-state index is 14.1. The molecular weight excluding hydrogens is 367 g/mol. The molecule has 5 nitrogen and oxygen atoms in total. The molecule has 1 aliphatic carbocycles. The minimum Gasteiger partial charge on any atom is -0.366 e. The number of carbonyl (C=O) groups is 1. The van der Waals surface area contributed by atoms with E-state index in [-0.39, 0.29) is 17.6 Å². The summed E-state index contributed by atoms with van der Waals surface area (Å²) in [6, 6.07) is 11.0. The van der Waals surface area contributed by atoms with Crippen LogP contribution in [0.15, 0.2) is 42.6 Å². The van der Waals surface area contributed by atoms with E-state index in [0.29, 0.717) is 31.9 Å². The Morgan fingerprint density at radius 1 is 1.14 bits per heavy atom. The number of benzene rings is 1. The number of rotatable bonds is 2. The molecule has 0 bridgehead atoms. The number of anilines is 1. The van der Waals surface area contributed by atoms with Crippen LogP contribution >= 0.6 is 0 Å². The van der Waals surface area contributed by atoms with Gasteiger partial charge in [-0.15, -0.1) is 0 Å². The van der Waals surface area contributed by atoms with E-state index in [2.05, 4.69) is 29.7 Å². The fraction of sp³-hybridized carbons (Fsp3) is 0.391. The average Bonchev–Trinajstić information content (AvgIpc) is 3.10. The molecule has 2 aromatic heterocycles. The van der Waals surface area contributed by atoms with Crippen LogP contribution in [-0.2, 0) is 17.6 Å². The number of imidazole rings is 1. The van der Waals surface area contributed by atoms with Crippen LogP contribution in [0.25, 0.3) is 5.65 Å². The first kappa shape index (κ1) is 18.2. The first-order valence-electron chi connectivity index (χ1n) is 10.3. The Balaban J connectivity index is 1.28. The number of halogens is 1. The van der Waals surface area contributed by atoms with E-state index in [1.807, 2.05) is 21.9 Å². The molecule has 2 aliphatic rings. The Morgan fingerprint density at radius 2 is 1.93 bits per heavy atom. The minimum atomic E-state index is -0.199. The standard InChI is InChI=1S/C23H25FN4O/c1-16-8-9-28-21-15-17(6-7-19(21)25-22(28)14-16)23(29)27-12-10-26(11-13-27)20-5-3-2-4-18(20)24/h2-5,8-9,14,17H,6-7,10-13,15H2,1H3. The summed E-state index contributed by atoms with van der Waals surface area (Å²) in [6.45, 7) is 4.69. The lowest BCUT2D eigenvalue weighted by atomic mass is 9.88. The lowest BCUT2D eigenvalue weighted by Gasteiger charge is -2.38. The van der Waals surface area contributed by atoms with E-state index in [1.54, 1.807) is 6.07 Å². The van der Waals surface area contributed by atoms with Crippen LogP contribution in [0.3, 0.4) is 0 Å². The molecule has 5 rings (SSSR count). The predicted octanol–water partition coefficient (Wildman–Crippen LogP) is 3.24. The molecule has 0 saturated carbocycles. The van der Waals surface area contributed by atoms with Crippen LogP contribution in [0.5, 0.6) is 0 Å². The molecule has 3 heterocycles. The SMILES string of the molecule is Cc1ccn2c3c(nc2c1)CCC(C(=O)N1CCN(c2ccccc2F)CC1)C3. The Morgan fingerprint density at radius 3 is 2.72 bits per heavy atom. The fourth-order valence-corrected chi connectivity index (χ4v) is 4.65. The van der Waals surface area contributed by atoms with Gasteiger partial charge in [-0.3, -0.25) is 4.79 Å². The normalized spacial score (nSPS) is 19.4. The third-order valence-electron chi connectivity index (χ3n) is 6.27. The highest BCUT2D eigenvalue weighted by Crippen LogP contribution is 2.29. The number of piperazine rings is 1. The summed E-state index contributed by atoms with van der Waals surface area (Å²) in [5.74, 6) is 0.0320. The van der Waals surface area contributed by atoms with E-state index in [0.717, 1.165) is 30.6 Å². The molecule has 150 valence electrons. The van der Waals surface area contributed by atoms with Crippen LogP contribution in [0.4, 0.5) is 10.1 Å². The van der Waals surface area contributed by atoms with Crippen molar-refractivity contribution in [1.29, 1.82) is 0 Å². The predicted molar refractivity (Wildman–Crippen MR) is 111 cm³/mol. The third-order valence-corrected chi connectivity index (χ3v) is 6.27. The largest absolute Gasteiger partial charge is 0.366 e. The van der Waals surface area contributed by atoms with Crippen molar-refractivity contribution in [3.63, 3.8) is 0 Å². The van der Waals surface area contributed by atoms with Crippen LogP contribution < -0.4 is 4.90 Å². The van der Waals surface area contributed by atoms with Crippen molar-refractivity contribution in [2.75, 3.05) is 31.1 Å². The number of aromatic nitrogens is 2. The molecule has 3 aromatic rings. The van der Waals surface area contributed by atoms with E-state index < -0.39 is 0 Å². The van der Waals surface area contributed by atoms with Gasteiger partial charge in [-0.25, -0.2) is 9.37 Å². The van der Waals surface area contributed by atoms with Gasteiger partial charge in [0, 0.05) is 50.4 Å². The Bertz CT molecular complexity index is 1070. The quantitative estimate of drug-likeness (QED) is 0.672. The second-order valence-electron chi connectivity index (χ2n) is 8.14. The number of carbonyl (C=O) groups excluding carboxylic acids is 1. The number of aryl methyl sites for hydroxylation is 2. The Labute approximate surface area is 169 Å². The van der Waals surface area contributed by atoms with E-state index in [1.165, 1.54) is 17.3 Å². The van der Waals surface area contributed by atoms with E-state index in [9.17, 15) is 9.18 Å². The van der Waals surface area contributed by atoms with E-state index >= 15 is 0 Å². The van der Waals surface area contributed by atoms with Gasteiger partial charge in [-0.2, -0.15) is 0 Å². The van der Waals surface area contributed by atoms with Crippen LogP contribution in [0.2, 0.25) is 0 Å². The smallest absolute Gasteiger partial charge is 0.226 e. The van der Waals surface area contributed by atoms with Gasteiger partial charge >= 0.3 is 0 Å². The molecule has 6 heteroatoms. The maximum Gasteiger partial charge on any atom is 0.226 e. The van der Waals surface area contributed by atoms with Crippen molar-refractivity contribution in [2.45, 2.75) is 26.2 Å². The number of pyridine rings is 1. The van der Waals surface area contributed by atoms with Crippen molar-refractivity contribution in [3.8, 4) is 0 Å². The van der Waals surface area contributed by atoms with Gasteiger partial charge in [0.25, 0.3) is 0 Å². The van der Waals surface area contributed by atoms with Crippen molar-refractivity contribution in [2.24, 2.45) is 5.92 Å². The van der Waals surface area contributed by atoms with Gasteiger partial charge in [-0.1, -0.05) is 12.1 Å². The molecule has 1 unspecified atom stereocenters. The van der Waals surface area contributed by atoms with Gasteiger partial charge in [0.05, 0.1) is 11.4 Å². The molecule has 0 spiro atoms. The molecular formula is C23H25FN4O. The fourth-order valence-electron chi connectivity index (χ4n) is 4.65. The Hall–Kier alpha value is -2.89. The number of nitrogens with zero attached hydrogens (tertiary/aromatic N) is 4. The van der Waals surface area contributed by atoms with Gasteiger partial charge < -0.3 is 14.2 Å². The lowest BCUT2D eigenvalue weighted by molar-refractivity contribution is -0.136. The van der Waals surface area contributed by atoms with Crippen LogP contribution in [0, 0.1) is 18.7 Å². The molecule has 1 amide bonds. The summed E-state index contributed by atoms with van der Waals surface area (Å²) < 4.78 is 16.2. The zero-order valence-corrected chi connectivity index (χ0v) is 16.6. The molecule has 1 atom stereocenters. The summed E-state index contributed by atoms with van der Waals surface area (Å²) in [5.41, 5.74) is 5.10. The van der Waals surface area contributed by atoms with Crippen molar-refractivity contribution >= 4 is 17.2 Å². The topological polar surface area (TPSA) is 40.9 Å². The van der Waals surface area contributed by atoms with Gasteiger partial charge in [0.2, 0.25) is 5.91 Å². The number of amides is 1. The summed E-state index contributed by atoms with van der Waals surface area (Å²) in [6.07, 6.45) is 4.51. The summed E-state index contributed by atoms with van der Waals surface area (Å²) in [4.78, 5) is 21.9. The molecule has 1 aliphatic heterocycles. The number of para-hydroxylation sites is 1. The van der Waals surface area contributed by atoms with Gasteiger partial charge in [0.15, 0.2) is 0 Å². The molecule has 1 saturated heterocycles. The van der Waals surface area contributed by atoms with Crippen molar-refractivity contribution < 1.29 is 9.18 Å². The van der Waals surface area contributed by atoms with Gasteiger partial charge in [0.1, 0.15) is 11.5 Å². The zero-order valence-electron chi connectivity index (χ0n) is 16.6. The monoisotopic (exact) mass is 392 g/mol. The first-order chi connectivity index (χ1) is 14.1. The van der Waals surface area contributed by atoms with Crippen LogP contribution in [0.1, 0.15) is 23.4 Å². The number of hydrogen-bond acceptors (Lipinski definition) is 3. The maximum absolute atomic E-state index is 14.1. The lowest BCUT2D eigenvalue weighted by Crippen LogP contribution is -2.51. The highest BCUT2D eigenvalue weighted by atomic mass is 19.1. The summed E-state index contributed by atoms with van der Waals surface area (Å²) in [7, 11) is 0. The van der Waals surface area contributed by atoms with Crippen LogP contribution in [-0.4, -0.2) is 46.4 Å². The summed E-state index contributed by atoms with van der Waals surface area (Å²) in [5, 5.41) is 0.